The molecule has 0 bridgehead atoms. The largest absolute Gasteiger partial charge is 0.369 e. The molecule has 0 aliphatic carbocycles. The van der Waals surface area contributed by atoms with Crippen LogP contribution in [0.25, 0.3) is 0 Å². The Morgan fingerprint density at radius 1 is 1.27 bits per heavy atom. The Hall–Kier alpha value is -0.680. The summed E-state index contributed by atoms with van der Waals surface area (Å²) in [6.45, 7) is 0. The van der Waals surface area contributed by atoms with Gasteiger partial charge in [-0.2, -0.15) is 4.99 Å². The lowest BCUT2D eigenvalue weighted by atomic mass is 10.8. The van der Waals surface area contributed by atoms with Crippen molar-refractivity contribution in [3.63, 3.8) is 0 Å². The third kappa shape index (κ3) is 9.32. The van der Waals surface area contributed by atoms with Gasteiger partial charge >= 0.3 is 0 Å². The number of hydrogen-bond acceptors (Lipinski definition) is 1. The van der Waals surface area contributed by atoms with Crippen LogP contribution in [0.2, 0.25) is 0 Å². The summed E-state index contributed by atoms with van der Waals surface area (Å²) in [4.78, 5) is 5.03. The first kappa shape index (κ1) is 16.7. The predicted octanol–water partition coefficient (Wildman–Crippen LogP) is -0.400. The summed E-state index contributed by atoms with van der Waals surface area (Å²) in [6, 6.07) is 0. The summed E-state index contributed by atoms with van der Waals surface area (Å²) in [5, 5.41) is 6.70. The zero-order chi connectivity index (χ0) is 7.44. The number of aliphatic imine (C=N–C) groups is 1. The SMILES string of the molecule is CN(C)/C(N)=N/C(=N)N.Cl.Cl. The van der Waals surface area contributed by atoms with E-state index in [9.17, 15) is 0 Å². The number of guanidine groups is 2. The maximum Gasteiger partial charge on any atom is 0.215 e. The molecule has 5 nitrogen and oxygen atoms in total. The molecule has 0 saturated heterocycles. The van der Waals surface area contributed by atoms with E-state index in [1.165, 1.54) is 0 Å². The summed E-state index contributed by atoms with van der Waals surface area (Å²) in [5.74, 6) is -0.0382. The van der Waals surface area contributed by atoms with Crippen LogP contribution >= 0.6 is 24.8 Å². The molecule has 0 radical (unpaired) electrons. The first-order valence-electron chi connectivity index (χ1n) is 2.39. The number of nitrogens with one attached hydrogen (secondary N) is 1. The molecule has 0 amide bonds. The fourth-order valence-electron chi connectivity index (χ4n) is 0.223. The number of nitrogens with zero attached hydrogens (tertiary/aromatic N) is 2. The second-order valence-corrected chi connectivity index (χ2v) is 1.75. The zero-order valence-corrected chi connectivity index (χ0v) is 8.00. The maximum atomic E-state index is 6.70. The first-order valence-corrected chi connectivity index (χ1v) is 2.39. The monoisotopic (exact) mass is 201 g/mol. The summed E-state index contributed by atoms with van der Waals surface area (Å²) >= 11 is 0. The van der Waals surface area contributed by atoms with E-state index < -0.39 is 0 Å². The van der Waals surface area contributed by atoms with Crippen LogP contribution in [0.5, 0.6) is 0 Å². The van der Waals surface area contributed by atoms with Crippen LogP contribution in [0.15, 0.2) is 4.99 Å². The van der Waals surface area contributed by atoms with Gasteiger partial charge in [0.05, 0.1) is 0 Å². The number of nitrogens with two attached hydrogens (primary N) is 2. The molecule has 0 aliphatic heterocycles. The van der Waals surface area contributed by atoms with Gasteiger partial charge in [-0.25, -0.2) is 0 Å². The molecule has 0 aromatic heterocycles. The van der Waals surface area contributed by atoms with Gasteiger partial charge in [0.1, 0.15) is 0 Å². The molecule has 11 heavy (non-hydrogen) atoms. The van der Waals surface area contributed by atoms with Gasteiger partial charge in [0, 0.05) is 14.1 Å². The topological polar surface area (TPSA) is 91.5 Å². The average molecular weight is 202 g/mol. The van der Waals surface area contributed by atoms with Crippen LogP contribution in [0, 0.1) is 5.41 Å². The van der Waals surface area contributed by atoms with Crippen molar-refractivity contribution in [3.8, 4) is 0 Å². The summed E-state index contributed by atoms with van der Waals surface area (Å²) in [6.07, 6.45) is 0. The van der Waals surface area contributed by atoms with Gasteiger partial charge in [-0.1, -0.05) is 0 Å². The van der Waals surface area contributed by atoms with E-state index in [4.69, 9.17) is 16.9 Å². The van der Waals surface area contributed by atoms with Gasteiger partial charge in [0.15, 0.2) is 5.96 Å². The van der Waals surface area contributed by atoms with E-state index in [1.54, 1.807) is 19.0 Å². The maximum absolute atomic E-state index is 6.70. The van der Waals surface area contributed by atoms with Crippen molar-refractivity contribution in [3.05, 3.63) is 0 Å². The quantitative estimate of drug-likeness (QED) is 0.368. The molecule has 0 spiro atoms. The van der Waals surface area contributed by atoms with E-state index in [1.807, 2.05) is 0 Å². The highest BCUT2D eigenvalue weighted by atomic mass is 35.5. The molecule has 5 N–H and O–H groups in total. The van der Waals surface area contributed by atoms with E-state index >= 15 is 0 Å². The van der Waals surface area contributed by atoms with Gasteiger partial charge in [-0.3, -0.25) is 5.41 Å². The second kappa shape index (κ2) is 7.43. The summed E-state index contributed by atoms with van der Waals surface area (Å²) in [5.41, 5.74) is 10.2. The van der Waals surface area contributed by atoms with Crippen molar-refractivity contribution in [1.82, 2.24) is 4.90 Å². The Morgan fingerprint density at radius 3 is 1.73 bits per heavy atom. The highest BCUT2D eigenvalue weighted by Crippen LogP contribution is 1.73. The number of halogens is 2. The highest BCUT2D eigenvalue weighted by molar-refractivity contribution is 5.91. The van der Waals surface area contributed by atoms with Crippen molar-refractivity contribution < 1.29 is 0 Å². The van der Waals surface area contributed by atoms with E-state index in [2.05, 4.69) is 4.99 Å². The van der Waals surface area contributed by atoms with Crippen molar-refractivity contribution in [2.75, 3.05) is 14.1 Å². The van der Waals surface area contributed by atoms with Crippen LogP contribution in [-0.2, 0) is 0 Å². The van der Waals surface area contributed by atoms with Crippen LogP contribution < -0.4 is 11.5 Å². The lowest BCUT2D eigenvalue weighted by molar-refractivity contribution is 0.615. The van der Waals surface area contributed by atoms with E-state index in [-0.39, 0.29) is 36.7 Å². The standard InChI is InChI=1S/C4H11N5.2ClH/c1-9(2)4(7)8-3(5)6;;/h1-2H3,(H5,5,6,7,8);2*1H. The molecule has 0 aliphatic rings. The molecule has 7 heteroatoms. The Bertz CT molecular complexity index is 143. The van der Waals surface area contributed by atoms with E-state index in [0.717, 1.165) is 0 Å². The molecule has 0 fully saturated rings. The van der Waals surface area contributed by atoms with Crippen molar-refractivity contribution in [2.24, 2.45) is 16.5 Å². The zero-order valence-electron chi connectivity index (χ0n) is 6.37. The van der Waals surface area contributed by atoms with Crippen molar-refractivity contribution in [1.29, 1.82) is 5.41 Å². The molecular formula is C4H13Cl2N5. The molecule has 0 aromatic rings. The average Bonchev–Trinajstić information content (AvgIpc) is 1.63. The van der Waals surface area contributed by atoms with Crippen molar-refractivity contribution >= 4 is 36.7 Å². The lowest BCUT2D eigenvalue weighted by Crippen LogP contribution is -2.32. The first-order chi connectivity index (χ1) is 4.04. The third-order valence-corrected chi connectivity index (χ3v) is 0.693. The predicted molar refractivity (Wildman–Crippen MR) is 51.7 cm³/mol. The van der Waals surface area contributed by atoms with Gasteiger partial charge in [-0.05, 0) is 0 Å². The molecule has 0 saturated carbocycles. The fraction of sp³-hybridized carbons (Fsp3) is 0.500. The number of hydrogen-bond donors (Lipinski definition) is 3. The van der Waals surface area contributed by atoms with Gasteiger partial charge in [0.25, 0.3) is 0 Å². The molecule has 0 unspecified atom stereocenters. The molecule has 0 aromatic carbocycles. The van der Waals surface area contributed by atoms with Gasteiger partial charge in [-0.15, -0.1) is 24.8 Å². The summed E-state index contributed by atoms with van der Waals surface area (Å²) in [7, 11) is 3.45. The Morgan fingerprint density at radius 2 is 1.64 bits per heavy atom. The fourth-order valence-corrected chi connectivity index (χ4v) is 0.223. The molecule has 0 heterocycles. The molecular weight excluding hydrogens is 189 g/mol. The van der Waals surface area contributed by atoms with Crippen LogP contribution in [0.3, 0.4) is 0 Å². The van der Waals surface area contributed by atoms with Crippen LogP contribution in [0.1, 0.15) is 0 Å². The molecule has 0 atom stereocenters. The minimum absolute atomic E-state index is 0. The molecule has 68 valence electrons. The third-order valence-electron chi connectivity index (χ3n) is 0.693. The highest BCUT2D eigenvalue weighted by Gasteiger charge is 1.92. The minimum Gasteiger partial charge on any atom is -0.369 e. The summed E-state index contributed by atoms with van der Waals surface area (Å²) < 4.78 is 0. The minimum atomic E-state index is -0.277. The number of rotatable bonds is 0. The van der Waals surface area contributed by atoms with Crippen LogP contribution in [-0.4, -0.2) is 30.9 Å². The van der Waals surface area contributed by atoms with Crippen LogP contribution in [0.4, 0.5) is 0 Å². The Kier molecular flexibility index (Phi) is 11.3. The van der Waals surface area contributed by atoms with Crippen molar-refractivity contribution in [2.45, 2.75) is 0 Å². The smallest absolute Gasteiger partial charge is 0.215 e. The van der Waals surface area contributed by atoms with Gasteiger partial charge in [0.2, 0.25) is 5.96 Å². The molecule has 0 rings (SSSR count). The van der Waals surface area contributed by atoms with Gasteiger partial charge < -0.3 is 16.4 Å². The Balaban J connectivity index is -0.000000320. The lowest BCUT2D eigenvalue weighted by Gasteiger charge is -2.08. The van der Waals surface area contributed by atoms with E-state index in [0.29, 0.717) is 0 Å². The second-order valence-electron chi connectivity index (χ2n) is 1.75. The normalized spacial score (nSPS) is 9.09. The Labute approximate surface area is 78.2 Å².